The average Bonchev–Trinajstić information content (AvgIpc) is 3.41. The van der Waals surface area contributed by atoms with Gasteiger partial charge in [0.25, 0.3) is 5.69 Å². The third-order valence-corrected chi connectivity index (χ3v) is 7.37. The zero-order valence-electron chi connectivity index (χ0n) is 22.2. The number of anilines is 1. The molecule has 0 aliphatic rings. The highest BCUT2D eigenvalue weighted by Gasteiger charge is 2.41. The lowest BCUT2D eigenvalue weighted by atomic mass is 9.77. The van der Waals surface area contributed by atoms with Gasteiger partial charge in [-0.3, -0.25) is 10.1 Å². The Labute approximate surface area is 237 Å². The summed E-state index contributed by atoms with van der Waals surface area (Å²) in [6.07, 6.45) is 0. The van der Waals surface area contributed by atoms with E-state index in [0.717, 1.165) is 33.5 Å². The van der Waals surface area contributed by atoms with Crippen LogP contribution in [0.1, 0.15) is 16.7 Å². The van der Waals surface area contributed by atoms with Gasteiger partial charge < -0.3 is 10.4 Å². The van der Waals surface area contributed by atoms with Crippen molar-refractivity contribution in [3.63, 3.8) is 0 Å². The number of non-ortho nitro benzene ring substituents is 1. The lowest BCUT2D eigenvalue weighted by Gasteiger charge is -2.37. The summed E-state index contributed by atoms with van der Waals surface area (Å²) in [5.41, 5.74) is 5.26. The molecule has 0 unspecified atom stereocenters. The SMILES string of the molecule is O=[N+]([O-])c1ccc2c(c1)c(-c1ccc(NCCO)cc1)nn2C(c1ccccc1)(c1ccccc1)c1ccccc1. The van der Waals surface area contributed by atoms with Crippen molar-refractivity contribution in [1.82, 2.24) is 9.78 Å². The van der Waals surface area contributed by atoms with E-state index in [4.69, 9.17) is 5.10 Å². The molecule has 0 aliphatic carbocycles. The van der Waals surface area contributed by atoms with Crippen molar-refractivity contribution in [2.45, 2.75) is 5.54 Å². The minimum atomic E-state index is -0.876. The highest BCUT2D eigenvalue weighted by Crippen LogP contribution is 2.44. The fourth-order valence-electron chi connectivity index (χ4n) is 5.54. The molecule has 0 bridgehead atoms. The monoisotopic (exact) mass is 540 g/mol. The lowest BCUT2D eigenvalue weighted by molar-refractivity contribution is -0.384. The zero-order chi connectivity index (χ0) is 28.2. The highest BCUT2D eigenvalue weighted by molar-refractivity contribution is 5.95. The van der Waals surface area contributed by atoms with Crippen molar-refractivity contribution >= 4 is 22.3 Å². The van der Waals surface area contributed by atoms with E-state index in [-0.39, 0.29) is 17.2 Å². The molecule has 0 fully saturated rings. The normalized spacial score (nSPS) is 11.4. The Bertz CT molecular complexity index is 1690. The maximum absolute atomic E-state index is 11.9. The lowest BCUT2D eigenvalue weighted by Crippen LogP contribution is -2.38. The summed E-state index contributed by atoms with van der Waals surface area (Å²) in [5, 5.41) is 30.2. The van der Waals surface area contributed by atoms with Crippen molar-refractivity contribution in [2.75, 3.05) is 18.5 Å². The van der Waals surface area contributed by atoms with Crippen LogP contribution in [0.4, 0.5) is 11.4 Å². The summed E-state index contributed by atoms with van der Waals surface area (Å²) in [7, 11) is 0. The Kier molecular flexibility index (Phi) is 7.02. The Morgan fingerprint density at radius 1 is 0.756 bits per heavy atom. The number of hydrogen-bond acceptors (Lipinski definition) is 5. The number of nitrogens with zero attached hydrogens (tertiary/aromatic N) is 3. The van der Waals surface area contributed by atoms with Crippen LogP contribution in [0.5, 0.6) is 0 Å². The van der Waals surface area contributed by atoms with Crippen molar-refractivity contribution in [3.05, 3.63) is 160 Å². The molecule has 0 amide bonds. The van der Waals surface area contributed by atoms with Crippen LogP contribution in [-0.4, -0.2) is 33.0 Å². The summed E-state index contributed by atoms with van der Waals surface area (Å²) in [5.74, 6) is 0. The quantitative estimate of drug-likeness (QED) is 0.119. The first-order valence-electron chi connectivity index (χ1n) is 13.4. The second-order valence-corrected chi connectivity index (χ2v) is 9.76. The van der Waals surface area contributed by atoms with Gasteiger partial charge in [-0.25, -0.2) is 4.68 Å². The Morgan fingerprint density at radius 3 is 1.78 bits per heavy atom. The number of aliphatic hydroxyl groups is 1. The summed E-state index contributed by atoms with van der Waals surface area (Å²) >= 11 is 0. The van der Waals surface area contributed by atoms with Crippen molar-refractivity contribution < 1.29 is 10.0 Å². The number of hydrogen-bond donors (Lipinski definition) is 2. The van der Waals surface area contributed by atoms with E-state index in [1.54, 1.807) is 12.1 Å². The van der Waals surface area contributed by atoms with Gasteiger partial charge in [-0.1, -0.05) is 103 Å². The van der Waals surface area contributed by atoms with Gasteiger partial charge in [0.15, 0.2) is 0 Å². The van der Waals surface area contributed by atoms with E-state index >= 15 is 0 Å². The molecule has 0 saturated heterocycles. The molecule has 0 radical (unpaired) electrons. The van der Waals surface area contributed by atoms with Crippen LogP contribution in [0.15, 0.2) is 133 Å². The number of fused-ring (bicyclic) bond motifs is 1. The molecule has 0 spiro atoms. The smallest absolute Gasteiger partial charge is 0.270 e. The van der Waals surface area contributed by atoms with E-state index in [2.05, 4.69) is 41.7 Å². The Hall–Kier alpha value is -5.27. The molecule has 5 aromatic carbocycles. The number of nitro groups is 1. The van der Waals surface area contributed by atoms with Crippen LogP contribution in [0, 0.1) is 10.1 Å². The van der Waals surface area contributed by atoms with Crippen LogP contribution in [0.25, 0.3) is 22.2 Å². The largest absolute Gasteiger partial charge is 0.395 e. The minimum Gasteiger partial charge on any atom is -0.395 e. The summed E-state index contributed by atoms with van der Waals surface area (Å²) < 4.78 is 2.01. The number of aliphatic hydroxyl groups excluding tert-OH is 1. The van der Waals surface area contributed by atoms with Crippen LogP contribution in [0.3, 0.4) is 0 Å². The van der Waals surface area contributed by atoms with Crippen LogP contribution >= 0.6 is 0 Å². The molecular formula is C34H28N4O3. The van der Waals surface area contributed by atoms with Gasteiger partial charge in [-0.15, -0.1) is 0 Å². The molecule has 0 saturated carbocycles. The first kappa shape index (κ1) is 26.0. The first-order chi connectivity index (χ1) is 20.1. The molecular weight excluding hydrogens is 512 g/mol. The van der Waals surface area contributed by atoms with E-state index < -0.39 is 5.54 Å². The number of nitrogens with one attached hydrogen (secondary N) is 1. The van der Waals surface area contributed by atoms with Crippen molar-refractivity contribution in [2.24, 2.45) is 0 Å². The molecule has 6 aromatic rings. The maximum atomic E-state index is 11.9. The second kappa shape index (κ2) is 11.1. The molecule has 7 heteroatoms. The highest BCUT2D eigenvalue weighted by atomic mass is 16.6. The van der Waals surface area contributed by atoms with Crippen LogP contribution < -0.4 is 5.32 Å². The fraction of sp³-hybridized carbons (Fsp3) is 0.0882. The Balaban J connectivity index is 1.70. The van der Waals surface area contributed by atoms with Crippen molar-refractivity contribution in [3.8, 4) is 11.3 Å². The van der Waals surface area contributed by atoms with Gasteiger partial charge in [-0.05, 0) is 34.9 Å². The fourth-order valence-corrected chi connectivity index (χ4v) is 5.54. The van der Waals surface area contributed by atoms with E-state index in [9.17, 15) is 15.2 Å². The van der Waals surface area contributed by atoms with Crippen LogP contribution in [-0.2, 0) is 5.54 Å². The zero-order valence-corrected chi connectivity index (χ0v) is 22.2. The van der Waals surface area contributed by atoms with Gasteiger partial charge in [0, 0.05) is 35.3 Å². The first-order valence-corrected chi connectivity index (χ1v) is 13.4. The van der Waals surface area contributed by atoms with Gasteiger partial charge in [0.05, 0.1) is 17.0 Å². The van der Waals surface area contributed by atoms with E-state index in [0.29, 0.717) is 17.6 Å². The summed E-state index contributed by atoms with van der Waals surface area (Å²) in [4.78, 5) is 11.5. The van der Waals surface area contributed by atoms with E-state index in [1.165, 1.54) is 6.07 Å². The summed E-state index contributed by atoms with van der Waals surface area (Å²) in [6.45, 7) is 0.470. The van der Waals surface area contributed by atoms with Gasteiger partial charge >= 0.3 is 0 Å². The topological polar surface area (TPSA) is 93.2 Å². The third kappa shape index (κ3) is 4.62. The molecule has 2 N–H and O–H groups in total. The molecule has 7 nitrogen and oxygen atoms in total. The predicted molar refractivity (Wildman–Crippen MR) is 162 cm³/mol. The van der Waals surface area contributed by atoms with Gasteiger partial charge in [-0.2, -0.15) is 5.10 Å². The number of nitro benzene ring substituents is 1. The standard InChI is InChI=1S/C34H28N4O3/c39-23-22-35-29-18-16-25(17-19-29)33-31-24-30(38(40)41)20-21-32(31)37(36-33)34(26-10-4-1-5-11-26,27-12-6-2-7-13-27)28-14-8-3-9-15-28/h1-21,24,35,39H,22-23H2. The molecule has 202 valence electrons. The predicted octanol–water partition coefficient (Wildman–Crippen LogP) is 6.86. The average molecular weight is 541 g/mol. The molecule has 1 aromatic heterocycles. The number of rotatable bonds is 9. The van der Waals surface area contributed by atoms with E-state index in [1.807, 2.05) is 83.5 Å². The number of benzene rings is 5. The minimum absolute atomic E-state index is 0.00395. The van der Waals surface area contributed by atoms with Gasteiger partial charge in [0.1, 0.15) is 11.2 Å². The third-order valence-electron chi connectivity index (χ3n) is 7.37. The summed E-state index contributed by atoms with van der Waals surface area (Å²) in [6, 6.07) is 43.4. The maximum Gasteiger partial charge on any atom is 0.270 e. The van der Waals surface area contributed by atoms with Crippen LogP contribution in [0.2, 0.25) is 0 Å². The molecule has 41 heavy (non-hydrogen) atoms. The molecule has 1 heterocycles. The molecule has 0 aliphatic heterocycles. The number of aromatic nitrogens is 2. The Morgan fingerprint density at radius 2 is 1.29 bits per heavy atom. The second-order valence-electron chi connectivity index (χ2n) is 9.76. The molecule has 6 rings (SSSR count). The molecule has 0 atom stereocenters. The van der Waals surface area contributed by atoms with Gasteiger partial charge in [0.2, 0.25) is 0 Å². The van der Waals surface area contributed by atoms with Crippen molar-refractivity contribution in [1.29, 1.82) is 0 Å².